The number of sulfonamides is 1. The first-order chi connectivity index (χ1) is 11.4. The van der Waals surface area contributed by atoms with Crippen molar-refractivity contribution in [3.05, 3.63) is 17.6 Å². The number of hydrogen-bond acceptors (Lipinski definition) is 6. The molecule has 8 heteroatoms. The van der Waals surface area contributed by atoms with Gasteiger partial charge in [-0.25, -0.2) is 18.4 Å². The summed E-state index contributed by atoms with van der Waals surface area (Å²) in [6.07, 6.45) is 5.63. The van der Waals surface area contributed by atoms with Crippen molar-refractivity contribution in [3.63, 3.8) is 0 Å². The molecule has 2 heterocycles. The Hall–Kier alpha value is -1.25. The second kappa shape index (κ2) is 5.93. The van der Waals surface area contributed by atoms with E-state index in [1.165, 1.54) is 19.1 Å². The van der Waals surface area contributed by atoms with Crippen molar-refractivity contribution in [2.75, 3.05) is 37.3 Å². The lowest BCUT2D eigenvalue weighted by molar-refractivity contribution is 0.344. The molecule has 0 spiro atoms. The van der Waals surface area contributed by atoms with Crippen LogP contribution < -0.4 is 10.6 Å². The third-order valence-corrected chi connectivity index (χ3v) is 6.62. The molecule has 1 aromatic rings. The first-order valence-electron chi connectivity index (χ1n) is 8.74. The van der Waals surface area contributed by atoms with Gasteiger partial charge in [0.05, 0.1) is 6.26 Å². The maximum absolute atomic E-state index is 11.7. The first kappa shape index (κ1) is 16.2. The molecule has 2 N–H and O–H groups in total. The van der Waals surface area contributed by atoms with Crippen LogP contribution in [0.15, 0.2) is 6.07 Å². The van der Waals surface area contributed by atoms with Crippen LogP contribution in [0.4, 0.5) is 5.82 Å². The fourth-order valence-electron chi connectivity index (χ4n) is 3.52. The summed E-state index contributed by atoms with van der Waals surface area (Å²) in [7, 11) is -3.11. The molecule has 0 radical (unpaired) electrons. The Morgan fingerprint density at radius 1 is 1.08 bits per heavy atom. The lowest BCUT2D eigenvalue weighted by Gasteiger charge is -2.35. The summed E-state index contributed by atoms with van der Waals surface area (Å²) in [6.45, 7) is 2.39. The van der Waals surface area contributed by atoms with Crippen molar-refractivity contribution >= 4 is 15.8 Å². The summed E-state index contributed by atoms with van der Waals surface area (Å²) >= 11 is 0. The van der Waals surface area contributed by atoms with Gasteiger partial charge in [-0.15, -0.1) is 0 Å². The van der Waals surface area contributed by atoms with Crippen LogP contribution in [0.1, 0.15) is 49.0 Å². The normalized spacial score (nSPS) is 28.7. The maximum atomic E-state index is 11.7. The smallest absolute Gasteiger partial charge is 0.211 e. The minimum absolute atomic E-state index is 0.302. The molecule has 0 atom stereocenters. The van der Waals surface area contributed by atoms with Gasteiger partial charge in [-0.05, 0) is 25.7 Å². The zero-order valence-corrected chi connectivity index (χ0v) is 14.9. The van der Waals surface area contributed by atoms with Gasteiger partial charge in [0.15, 0.2) is 0 Å². The third kappa shape index (κ3) is 3.27. The van der Waals surface area contributed by atoms with Crippen LogP contribution in [-0.4, -0.2) is 61.2 Å². The summed E-state index contributed by atoms with van der Waals surface area (Å²) in [5.74, 6) is 2.88. The van der Waals surface area contributed by atoms with Crippen molar-refractivity contribution < 1.29 is 8.42 Å². The molecule has 1 saturated heterocycles. The molecular formula is C16H25N5O2S. The second-order valence-corrected chi connectivity index (χ2v) is 9.34. The van der Waals surface area contributed by atoms with E-state index in [4.69, 9.17) is 15.7 Å². The standard InChI is InChI=1S/C16H25N5O2S/c1-24(22,23)21-6-4-20(5-7-21)15-10-14(12-8-13(17)9-12)18-16(19-15)11-2-3-11/h10-13H,2-9,17H2,1H3. The molecule has 1 aromatic heterocycles. The quantitative estimate of drug-likeness (QED) is 0.856. The van der Waals surface area contributed by atoms with Gasteiger partial charge in [-0.3, -0.25) is 0 Å². The van der Waals surface area contributed by atoms with Gasteiger partial charge in [0.1, 0.15) is 11.6 Å². The van der Waals surface area contributed by atoms with E-state index in [-0.39, 0.29) is 0 Å². The van der Waals surface area contributed by atoms with Crippen molar-refractivity contribution in [2.24, 2.45) is 5.73 Å². The van der Waals surface area contributed by atoms with E-state index in [0.29, 0.717) is 44.1 Å². The fraction of sp³-hybridized carbons (Fsp3) is 0.750. The number of anilines is 1. The van der Waals surface area contributed by atoms with E-state index < -0.39 is 10.0 Å². The number of aromatic nitrogens is 2. The molecule has 7 nitrogen and oxygen atoms in total. The molecular weight excluding hydrogens is 326 g/mol. The van der Waals surface area contributed by atoms with Crippen LogP contribution in [-0.2, 0) is 10.0 Å². The zero-order chi connectivity index (χ0) is 16.9. The minimum atomic E-state index is -3.11. The molecule has 3 aliphatic rings. The maximum Gasteiger partial charge on any atom is 0.211 e. The molecule has 24 heavy (non-hydrogen) atoms. The van der Waals surface area contributed by atoms with E-state index in [9.17, 15) is 8.42 Å². The average Bonchev–Trinajstić information content (AvgIpc) is 3.35. The summed E-state index contributed by atoms with van der Waals surface area (Å²) in [4.78, 5) is 11.8. The third-order valence-electron chi connectivity index (χ3n) is 5.32. The molecule has 4 rings (SSSR count). The molecule has 3 fully saturated rings. The fourth-order valence-corrected chi connectivity index (χ4v) is 4.35. The summed E-state index contributed by atoms with van der Waals surface area (Å²) < 4.78 is 24.9. The monoisotopic (exact) mass is 351 g/mol. The molecule has 132 valence electrons. The summed E-state index contributed by atoms with van der Waals surface area (Å²) in [5, 5.41) is 0. The van der Waals surface area contributed by atoms with Crippen molar-refractivity contribution in [1.29, 1.82) is 0 Å². The highest BCUT2D eigenvalue weighted by Crippen LogP contribution is 2.41. The average molecular weight is 351 g/mol. The largest absolute Gasteiger partial charge is 0.354 e. The molecule has 1 aliphatic heterocycles. The molecule has 0 amide bonds. The topological polar surface area (TPSA) is 92.4 Å². The van der Waals surface area contributed by atoms with Crippen LogP contribution in [0.5, 0.6) is 0 Å². The molecule has 2 saturated carbocycles. The SMILES string of the molecule is CS(=O)(=O)N1CCN(c2cc(C3CC(N)C3)nc(C3CC3)n2)CC1. The van der Waals surface area contributed by atoms with Crippen molar-refractivity contribution in [3.8, 4) is 0 Å². The van der Waals surface area contributed by atoms with E-state index in [1.54, 1.807) is 4.31 Å². The van der Waals surface area contributed by atoms with Gasteiger partial charge in [0.2, 0.25) is 10.0 Å². The first-order valence-corrected chi connectivity index (χ1v) is 10.6. The van der Waals surface area contributed by atoms with Crippen LogP contribution in [0, 0.1) is 0 Å². The van der Waals surface area contributed by atoms with Gasteiger partial charge in [0.25, 0.3) is 0 Å². The van der Waals surface area contributed by atoms with Gasteiger partial charge < -0.3 is 10.6 Å². The summed E-state index contributed by atoms with van der Waals surface area (Å²) in [6, 6.07) is 2.40. The van der Waals surface area contributed by atoms with Gasteiger partial charge >= 0.3 is 0 Å². The molecule has 0 unspecified atom stereocenters. The van der Waals surface area contributed by atoms with Gasteiger partial charge in [0, 0.05) is 55.8 Å². The molecule has 0 bridgehead atoms. The van der Waals surface area contributed by atoms with Crippen LogP contribution in [0.2, 0.25) is 0 Å². The second-order valence-electron chi connectivity index (χ2n) is 7.36. The summed E-state index contributed by atoms with van der Waals surface area (Å²) in [5.41, 5.74) is 7.06. The Morgan fingerprint density at radius 3 is 2.29 bits per heavy atom. The number of nitrogens with two attached hydrogens (primary N) is 1. The molecule has 0 aromatic carbocycles. The van der Waals surface area contributed by atoms with E-state index in [1.807, 2.05) is 0 Å². The highest BCUT2D eigenvalue weighted by atomic mass is 32.2. The number of nitrogens with zero attached hydrogens (tertiary/aromatic N) is 4. The van der Waals surface area contributed by atoms with Gasteiger partial charge in [-0.1, -0.05) is 0 Å². The van der Waals surface area contributed by atoms with Crippen LogP contribution in [0.3, 0.4) is 0 Å². The molecule has 2 aliphatic carbocycles. The van der Waals surface area contributed by atoms with Gasteiger partial charge in [-0.2, -0.15) is 4.31 Å². The zero-order valence-electron chi connectivity index (χ0n) is 14.1. The highest BCUT2D eigenvalue weighted by molar-refractivity contribution is 7.88. The van der Waals surface area contributed by atoms with E-state index in [2.05, 4.69) is 11.0 Å². The number of piperazine rings is 1. The van der Waals surface area contributed by atoms with Crippen LogP contribution in [0.25, 0.3) is 0 Å². The predicted molar refractivity (Wildman–Crippen MR) is 92.6 cm³/mol. The minimum Gasteiger partial charge on any atom is -0.354 e. The predicted octanol–water partition coefficient (Wildman–Crippen LogP) is 0.640. The Morgan fingerprint density at radius 2 is 1.75 bits per heavy atom. The van der Waals surface area contributed by atoms with Crippen molar-refractivity contribution in [2.45, 2.75) is 43.6 Å². The number of rotatable bonds is 4. The Kier molecular flexibility index (Phi) is 4.01. The highest BCUT2D eigenvalue weighted by Gasteiger charge is 2.33. The van der Waals surface area contributed by atoms with E-state index in [0.717, 1.165) is 30.2 Å². The van der Waals surface area contributed by atoms with E-state index >= 15 is 0 Å². The Bertz CT molecular complexity index is 720. The Balaban J connectivity index is 1.54. The lowest BCUT2D eigenvalue weighted by atomic mass is 9.78. The Labute approximate surface area is 143 Å². The number of hydrogen-bond donors (Lipinski definition) is 1. The van der Waals surface area contributed by atoms with Crippen LogP contribution >= 0.6 is 0 Å². The lowest BCUT2D eigenvalue weighted by Crippen LogP contribution is -2.48. The van der Waals surface area contributed by atoms with Crippen molar-refractivity contribution in [1.82, 2.24) is 14.3 Å².